The first-order valence-electron chi connectivity index (χ1n) is 9.65. The average Bonchev–Trinajstić information content (AvgIpc) is 3.09. The van der Waals surface area contributed by atoms with Crippen LogP contribution in [0.1, 0.15) is 50.2 Å². The summed E-state index contributed by atoms with van der Waals surface area (Å²) < 4.78 is 13.2. The van der Waals surface area contributed by atoms with E-state index in [0.717, 1.165) is 36.9 Å². The van der Waals surface area contributed by atoms with Crippen molar-refractivity contribution >= 4 is 11.9 Å². The molecule has 0 spiro atoms. The van der Waals surface area contributed by atoms with Gasteiger partial charge >= 0.3 is 0 Å². The van der Waals surface area contributed by atoms with Gasteiger partial charge in [0.1, 0.15) is 5.82 Å². The van der Waals surface area contributed by atoms with Crippen LogP contribution in [0.25, 0.3) is 0 Å². The summed E-state index contributed by atoms with van der Waals surface area (Å²) in [6.45, 7) is 5.85. The zero-order chi connectivity index (χ0) is 18.8. The van der Waals surface area contributed by atoms with Crippen LogP contribution in [0.4, 0.5) is 4.39 Å². The van der Waals surface area contributed by atoms with Gasteiger partial charge < -0.3 is 16.0 Å². The SMILES string of the molecule is CCNC(=NCCC(=O)NC1CCCC1)NCCc1ccc(F)cc1C. The number of aryl methyl sites for hydroxylation is 1. The van der Waals surface area contributed by atoms with Crippen LogP contribution in [0.15, 0.2) is 23.2 Å². The van der Waals surface area contributed by atoms with Gasteiger partial charge in [-0.1, -0.05) is 18.9 Å². The minimum atomic E-state index is -0.204. The van der Waals surface area contributed by atoms with Crippen molar-refractivity contribution in [1.29, 1.82) is 0 Å². The Kier molecular flexibility index (Phi) is 8.38. The summed E-state index contributed by atoms with van der Waals surface area (Å²) in [4.78, 5) is 16.4. The number of rotatable bonds is 8. The first-order chi connectivity index (χ1) is 12.6. The van der Waals surface area contributed by atoms with Crippen LogP contribution < -0.4 is 16.0 Å². The van der Waals surface area contributed by atoms with E-state index in [9.17, 15) is 9.18 Å². The van der Waals surface area contributed by atoms with Crippen LogP contribution in [0, 0.1) is 12.7 Å². The number of nitrogens with zero attached hydrogens (tertiary/aromatic N) is 1. The Balaban J connectivity index is 1.73. The predicted molar refractivity (Wildman–Crippen MR) is 104 cm³/mol. The molecule has 0 atom stereocenters. The molecule has 2 rings (SSSR count). The fourth-order valence-electron chi connectivity index (χ4n) is 3.24. The number of guanidine groups is 1. The Morgan fingerprint density at radius 3 is 2.73 bits per heavy atom. The van der Waals surface area contributed by atoms with Gasteiger partial charge in [0.05, 0.1) is 6.54 Å². The molecule has 6 heteroatoms. The second-order valence-electron chi connectivity index (χ2n) is 6.81. The molecule has 5 nitrogen and oxygen atoms in total. The number of halogens is 1. The normalized spacial score (nSPS) is 15.1. The van der Waals surface area contributed by atoms with E-state index >= 15 is 0 Å². The quantitative estimate of drug-likeness (QED) is 0.492. The lowest BCUT2D eigenvalue weighted by Crippen LogP contribution is -2.39. The van der Waals surface area contributed by atoms with Crippen molar-refractivity contribution in [3.63, 3.8) is 0 Å². The molecule has 1 amide bonds. The van der Waals surface area contributed by atoms with E-state index < -0.39 is 0 Å². The summed E-state index contributed by atoms with van der Waals surface area (Å²) in [5.74, 6) is 0.587. The van der Waals surface area contributed by atoms with Crippen LogP contribution in [0.5, 0.6) is 0 Å². The van der Waals surface area contributed by atoms with E-state index in [4.69, 9.17) is 0 Å². The maximum atomic E-state index is 13.2. The molecule has 1 aliphatic rings. The fourth-order valence-corrected chi connectivity index (χ4v) is 3.24. The van der Waals surface area contributed by atoms with Gasteiger partial charge in [-0.3, -0.25) is 9.79 Å². The molecule has 3 N–H and O–H groups in total. The number of aliphatic imine (C=N–C) groups is 1. The van der Waals surface area contributed by atoms with Gasteiger partial charge in [0.2, 0.25) is 5.91 Å². The molecule has 0 radical (unpaired) electrons. The lowest BCUT2D eigenvalue weighted by atomic mass is 10.1. The summed E-state index contributed by atoms with van der Waals surface area (Å²) in [5, 5.41) is 9.54. The molecule has 1 aromatic carbocycles. The molecule has 0 saturated heterocycles. The second kappa shape index (κ2) is 10.8. The molecular formula is C20H31FN4O. The minimum absolute atomic E-state index is 0.0819. The highest BCUT2D eigenvalue weighted by Gasteiger charge is 2.16. The number of carbonyl (C=O) groups is 1. The number of amides is 1. The third-order valence-corrected chi connectivity index (χ3v) is 4.66. The van der Waals surface area contributed by atoms with E-state index in [1.165, 1.54) is 18.9 Å². The monoisotopic (exact) mass is 362 g/mol. The van der Waals surface area contributed by atoms with Crippen molar-refractivity contribution in [1.82, 2.24) is 16.0 Å². The lowest BCUT2D eigenvalue weighted by Gasteiger charge is -2.13. The first-order valence-corrected chi connectivity index (χ1v) is 9.65. The molecule has 1 aliphatic carbocycles. The van der Waals surface area contributed by atoms with E-state index in [1.807, 2.05) is 19.9 Å². The predicted octanol–water partition coefficient (Wildman–Crippen LogP) is 2.68. The molecule has 1 aromatic rings. The van der Waals surface area contributed by atoms with Gasteiger partial charge in [-0.25, -0.2) is 4.39 Å². The largest absolute Gasteiger partial charge is 0.357 e. The van der Waals surface area contributed by atoms with Crippen LogP contribution in [0.2, 0.25) is 0 Å². The molecule has 26 heavy (non-hydrogen) atoms. The topological polar surface area (TPSA) is 65.5 Å². The third kappa shape index (κ3) is 7.02. The van der Waals surface area contributed by atoms with Gasteiger partial charge in [0.15, 0.2) is 5.96 Å². The van der Waals surface area contributed by atoms with Crippen molar-refractivity contribution in [2.75, 3.05) is 19.6 Å². The van der Waals surface area contributed by atoms with Gasteiger partial charge in [0, 0.05) is 25.6 Å². The summed E-state index contributed by atoms with van der Waals surface area (Å²) >= 11 is 0. The number of hydrogen-bond donors (Lipinski definition) is 3. The highest BCUT2D eigenvalue weighted by molar-refractivity contribution is 5.80. The Morgan fingerprint density at radius 2 is 2.04 bits per heavy atom. The Morgan fingerprint density at radius 1 is 1.27 bits per heavy atom. The zero-order valence-electron chi connectivity index (χ0n) is 15.9. The Bertz CT molecular complexity index is 612. The lowest BCUT2D eigenvalue weighted by molar-refractivity contribution is -0.121. The van der Waals surface area contributed by atoms with Gasteiger partial charge in [0.25, 0.3) is 0 Å². The highest BCUT2D eigenvalue weighted by atomic mass is 19.1. The maximum absolute atomic E-state index is 13.2. The molecule has 144 valence electrons. The summed E-state index contributed by atoms with van der Waals surface area (Å²) in [5.41, 5.74) is 2.07. The molecular weight excluding hydrogens is 331 g/mol. The zero-order valence-corrected chi connectivity index (χ0v) is 15.9. The Hall–Kier alpha value is -2.11. The number of benzene rings is 1. The molecule has 1 saturated carbocycles. The number of nitrogens with one attached hydrogen (secondary N) is 3. The van der Waals surface area contributed by atoms with Crippen LogP contribution in [-0.2, 0) is 11.2 Å². The van der Waals surface area contributed by atoms with Gasteiger partial charge in [-0.05, 0) is 56.4 Å². The maximum Gasteiger partial charge on any atom is 0.222 e. The third-order valence-electron chi connectivity index (χ3n) is 4.66. The highest BCUT2D eigenvalue weighted by Crippen LogP contribution is 2.17. The van der Waals surface area contributed by atoms with Crippen molar-refractivity contribution in [3.05, 3.63) is 35.1 Å². The molecule has 0 aromatic heterocycles. The van der Waals surface area contributed by atoms with E-state index in [1.54, 1.807) is 6.07 Å². The fraction of sp³-hybridized carbons (Fsp3) is 0.600. The minimum Gasteiger partial charge on any atom is -0.357 e. The summed E-state index contributed by atoms with van der Waals surface area (Å²) in [6.07, 6.45) is 5.82. The second-order valence-corrected chi connectivity index (χ2v) is 6.81. The smallest absolute Gasteiger partial charge is 0.222 e. The Labute approximate surface area is 155 Å². The van der Waals surface area contributed by atoms with Crippen LogP contribution >= 0.6 is 0 Å². The summed E-state index contributed by atoms with van der Waals surface area (Å²) in [7, 11) is 0. The van der Waals surface area contributed by atoms with Crippen molar-refractivity contribution in [2.24, 2.45) is 4.99 Å². The van der Waals surface area contributed by atoms with Gasteiger partial charge in [-0.2, -0.15) is 0 Å². The molecule has 0 unspecified atom stereocenters. The molecule has 0 heterocycles. The number of carbonyl (C=O) groups excluding carboxylic acids is 1. The van der Waals surface area contributed by atoms with Crippen molar-refractivity contribution in [2.45, 2.75) is 58.4 Å². The van der Waals surface area contributed by atoms with Crippen LogP contribution in [0.3, 0.4) is 0 Å². The van der Waals surface area contributed by atoms with Gasteiger partial charge in [-0.15, -0.1) is 0 Å². The average molecular weight is 362 g/mol. The first kappa shape index (κ1) is 20.2. The van der Waals surface area contributed by atoms with E-state index in [0.29, 0.717) is 31.5 Å². The van der Waals surface area contributed by atoms with E-state index in [2.05, 4.69) is 20.9 Å². The molecule has 0 aliphatic heterocycles. The van der Waals surface area contributed by atoms with Crippen molar-refractivity contribution in [3.8, 4) is 0 Å². The summed E-state index contributed by atoms with van der Waals surface area (Å²) in [6, 6.07) is 5.23. The van der Waals surface area contributed by atoms with Crippen LogP contribution in [-0.4, -0.2) is 37.5 Å². The van der Waals surface area contributed by atoms with E-state index in [-0.39, 0.29) is 11.7 Å². The number of hydrogen-bond acceptors (Lipinski definition) is 2. The molecule has 1 fully saturated rings. The molecule has 0 bridgehead atoms. The standard InChI is InChI=1S/C20H31FN4O/c1-3-22-20(23-12-10-16-8-9-17(21)14-15(16)2)24-13-11-19(26)25-18-6-4-5-7-18/h8-9,14,18H,3-7,10-13H2,1-2H3,(H,25,26)(H2,22,23,24). The van der Waals surface area contributed by atoms with Crippen molar-refractivity contribution < 1.29 is 9.18 Å².